The van der Waals surface area contributed by atoms with Gasteiger partial charge in [0.25, 0.3) is 11.8 Å². The highest BCUT2D eigenvalue weighted by Gasteiger charge is 2.41. The first-order valence-electron chi connectivity index (χ1n) is 11.7. The molecule has 4 rings (SSSR count). The summed E-state index contributed by atoms with van der Waals surface area (Å²) in [7, 11) is 5.54. The number of carbonyl (C=O) groups is 2. The van der Waals surface area contributed by atoms with Gasteiger partial charge in [-0.15, -0.1) is 0 Å². The van der Waals surface area contributed by atoms with Crippen LogP contribution in [0.5, 0.6) is 11.5 Å². The molecule has 36 heavy (non-hydrogen) atoms. The molecule has 0 aliphatic carbocycles. The Bertz CT molecular complexity index is 1270. The van der Waals surface area contributed by atoms with Gasteiger partial charge < -0.3 is 23.5 Å². The Labute approximate surface area is 214 Å². The summed E-state index contributed by atoms with van der Waals surface area (Å²) in [4.78, 5) is 30.2. The molecule has 0 bridgehead atoms. The summed E-state index contributed by atoms with van der Waals surface area (Å²) in [5.41, 5.74) is 3.16. The first kappa shape index (κ1) is 25.8. The number of imide groups is 1. The number of aromatic nitrogens is 1. The van der Waals surface area contributed by atoms with E-state index < -0.39 is 16.4 Å². The van der Waals surface area contributed by atoms with E-state index in [0.717, 1.165) is 12.1 Å². The van der Waals surface area contributed by atoms with Crippen molar-refractivity contribution in [2.75, 3.05) is 40.6 Å². The Morgan fingerprint density at radius 3 is 2.53 bits per heavy atom. The van der Waals surface area contributed by atoms with Crippen molar-refractivity contribution in [3.05, 3.63) is 77.1 Å². The molecule has 3 aromatic rings. The maximum absolute atomic E-state index is 13.6. The van der Waals surface area contributed by atoms with Gasteiger partial charge in [0.15, 0.2) is 16.7 Å². The first-order valence-corrected chi connectivity index (χ1v) is 13.3. The zero-order valence-corrected chi connectivity index (χ0v) is 22.0. The van der Waals surface area contributed by atoms with Crippen LogP contribution < -0.4 is 9.47 Å². The molecular weight excluding hydrogens is 478 g/mol. The minimum Gasteiger partial charge on any atom is -0.616 e. The van der Waals surface area contributed by atoms with Crippen LogP contribution in [0.4, 0.5) is 0 Å². The third kappa shape index (κ3) is 5.00. The predicted molar refractivity (Wildman–Crippen MR) is 139 cm³/mol. The average Bonchev–Trinajstić information content (AvgIpc) is 3.40. The van der Waals surface area contributed by atoms with Crippen LogP contribution >= 0.6 is 0 Å². The minimum absolute atomic E-state index is 0.00957. The maximum atomic E-state index is 13.6. The molecule has 8 nitrogen and oxygen atoms in total. The second-order valence-corrected chi connectivity index (χ2v) is 10.5. The Balaban J connectivity index is 1.66. The van der Waals surface area contributed by atoms with E-state index in [1.807, 2.05) is 50.1 Å². The van der Waals surface area contributed by atoms with E-state index in [-0.39, 0.29) is 18.4 Å². The normalized spacial score (nSPS) is 14.8. The summed E-state index contributed by atoms with van der Waals surface area (Å²) in [6.45, 7) is 3.06. The van der Waals surface area contributed by atoms with Crippen molar-refractivity contribution in [1.82, 2.24) is 14.4 Å². The second-order valence-electron chi connectivity index (χ2n) is 8.92. The van der Waals surface area contributed by atoms with E-state index >= 15 is 0 Å². The van der Waals surface area contributed by atoms with Crippen molar-refractivity contribution in [3.63, 3.8) is 0 Å². The molecular formula is C27H31N3O5S. The van der Waals surface area contributed by atoms with Crippen LogP contribution in [0.1, 0.15) is 44.0 Å². The largest absolute Gasteiger partial charge is 0.616 e. The van der Waals surface area contributed by atoms with Crippen molar-refractivity contribution in [2.45, 2.75) is 18.7 Å². The lowest BCUT2D eigenvalue weighted by Crippen LogP contribution is -2.36. The molecule has 0 spiro atoms. The Kier molecular flexibility index (Phi) is 7.73. The molecule has 0 saturated heterocycles. The van der Waals surface area contributed by atoms with Crippen LogP contribution in [0, 0.1) is 0 Å². The van der Waals surface area contributed by atoms with Gasteiger partial charge in [-0.1, -0.05) is 12.1 Å². The third-order valence-corrected chi connectivity index (χ3v) is 7.34. The van der Waals surface area contributed by atoms with Gasteiger partial charge in [0.1, 0.15) is 0 Å². The Hall–Kier alpha value is -3.27. The van der Waals surface area contributed by atoms with Crippen molar-refractivity contribution in [1.29, 1.82) is 0 Å². The van der Waals surface area contributed by atoms with Gasteiger partial charge in [0, 0.05) is 24.5 Å². The zero-order chi connectivity index (χ0) is 26.0. The predicted octanol–water partition coefficient (Wildman–Crippen LogP) is 3.66. The number of ether oxygens (including phenoxy) is 2. The molecule has 2 aromatic carbocycles. The number of hydrogen-bond donors (Lipinski definition) is 0. The fourth-order valence-electron chi connectivity index (χ4n) is 4.48. The number of rotatable bonds is 10. The molecule has 1 aliphatic heterocycles. The highest BCUT2D eigenvalue weighted by atomic mass is 32.2. The van der Waals surface area contributed by atoms with Crippen molar-refractivity contribution < 1.29 is 23.6 Å². The number of methoxy groups -OCH3 is 1. The van der Waals surface area contributed by atoms with Crippen LogP contribution in [0.25, 0.3) is 5.69 Å². The lowest BCUT2D eigenvalue weighted by atomic mass is 10.1. The number of amides is 2. The third-order valence-electron chi connectivity index (χ3n) is 6.12. The lowest BCUT2D eigenvalue weighted by molar-refractivity contribution is 0.0654. The molecule has 0 N–H and O–H groups in total. The summed E-state index contributed by atoms with van der Waals surface area (Å²) in [6.07, 6.45) is 5.43. The zero-order valence-electron chi connectivity index (χ0n) is 21.2. The Morgan fingerprint density at radius 1 is 1.08 bits per heavy atom. The Morgan fingerprint density at radius 2 is 1.86 bits per heavy atom. The van der Waals surface area contributed by atoms with Crippen LogP contribution in [0.15, 0.2) is 54.9 Å². The summed E-state index contributed by atoms with van der Waals surface area (Å²) in [5, 5.41) is -0.584. The van der Waals surface area contributed by atoms with Crippen LogP contribution in [0.2, 0.25) is 0 Å². The summed E-state index contributed by atoms with van der Waals surface area (Å²) >= 11 is -1.36. The van der Waals surface area contributed by atoms with Gasteiger partial charge in [-0.2, -0.15) is 0 Å². The standard InChI is InChI=1S/C27H31N3O5S/c1-6-35-23-14-19(10-11-22(23)34-4)24(36(5)33)17-30-26(31)20-8-7-9-21(25(20)27(30)32)29-13-12-18(16-29)15-28(2)3/h7-14,16,24H,6,15,17H2,1-5H3. The van der Waals surface area contributed by atoms with Gasteiger partial charge in [0.05, 0.1) is 43.3 Å². The molecule has 0 saturated carbocycles. The number of benzene rings is 2. The first-order chi connectivity index (χ1) is 17.2. The van der Waals surface area contributed by atoms with Crippen LogP contribution in [-0.4, -0.2) is 71.3 Å². The molecule has 2 unspecified atom stereocenters. The van der Waals surface area contributed by atoms with Crippen molar-refractivity contribution in [3.8, 4) is 17.2 Å². The molecule has 0 fully saturated rings. The van der Waals surface area contributed by atoms with E-state index in [2.05, 4.69) is 4.90 Å². The highest BCUT2D eigenvalue weighted by Crippen LogP contribution is 2.36. The fraction of sp³-hybridized carbons (Fsp3) is 0.333. The van der Waals surface area contributed by atoms with Gasteiger partial charge in [-0.05, 0) is 68.1 Å². The monoisotopic (exact) mass is 509 g/mol. The molecule has 1 aliphatic rings. The summed E-state index contributed by atoms with van der Waals surface area (Å²) in [6, 6.07) is 12.6. The maximum Gasteiger partial charge on any atom is 0.263 e. The van der Waals surface area contributed by atoms with Gasteiger partial charge in [-0.25, -0.2) is 0 Å². The van der Waals surface area contributed by atoms with E-state index in [4.69, 9.17) is 9.47 Å². The number of fused-ring (bicyclic) bond motifs is 1. The van der Waals surface area contributed by atoms with E-state index in [1.54, 1.807) is 43.7 Å². The number of nitrogens with zero attached hydrogens (tertiary/aromatic N) is 3. The van der Waals surface area contributed by atoms with Gasteiger partial charge in [0.2, 0.25) is 0 Å². The highest BCUT2D eigenvalue weighted by molar-refractivity contribution is 7.91. The quantitative estimate of drug-likeness (QED) is 0.306. The van der Waals surface area contributed by atoms with Crippen molar-refractivity contribution >= 4 is 23.0 Å². The molecule has 0 radical (unpaired) electrons. The molecule has 1 aromatic heterocycles. The van der Waals surface area contributed by atoms with Crippen molar-refractivity contribution in [2.24, 2.45) is 0 Å². The molecule has 2 atom stereocenters. The second kappa shape index (κ2) is 10.8. The summed E-state index contributed by atoms with van der Waals surface area (Å²) < 4.78 is 25.7. The van der Waals surface area contributed by atoms with E-state index in [9.17, 15) is 14.1 Å². The summed E-state index contributed by atoms with van der Waals surface area (Å²) in [5.74, 6) is 0.319. The average molecular weight is 510 g/mol. The van der Waals surface area contributed by atoms with Crippen LogP contribution in [0.3, 0.4) is 0 Å². The topological polar surface area (TPSA) is 87.1 Å². The lowest BCUT2D eigenvalue weighted by Gasteiger charge is -2.24. The molecule has 190 valence electrons. The molecule has 9 heteroatoms. The SMILES string of the molecule is CCOc1cc(C(CN2C(=O)c3cccc(-n4ccc(CN(C)C)c4)c3C2=O)[S+](C)[O-])ccc1OC. The number of carbonyl (C=O) groups excluding carboxylic acids is 2. The van der Waals surface area contributed by atoms with Gasteiger partial charge in [-0.3, -0.25) is 14.5 Å². The van der Waals surface area contributed by atoms with E-state index in [1.165, 1.54) is 4.90 Å². The molecule has 2 amide bonds. The number of hydrogen-bond acceptors (Lipinski definition) is 6. The van der Waals surface area contributed by atoms with Gasteiger partial charge >= 0.3 is 0 Å². The molecule has 2 heterocycles. The minimum atomic E-state index is -1.36. The van der Waals surface area contributed by atoms with E-state index in [0.29, 0.717) is 40.5 Å². The smallest absolute Gasteiger partial charge is 0.263 e. The fourth-order valence-corrected chi connectivity index (χ4v) is 5.36. The van der Waals surface area contributed by atoms with Crippen LogP contribution in [-0.2, 0) is 17.7 Å².